The molecule has 1 heterocycles. The van der Waals surface area contributed by atoms with Crippen LogP contribution in [-0.4, -0.2) is 29.3 Å². The lowest BCUT2D eigenvalue weighted by molar-refractivity contribution is -0.133. The molecule has 0 bridgehead atoms. The molecule has 0 spiro atoms. The Morgan fingerprint density at radius 3 is 2.28 bits per heavy atom. The molecule has 4 nitrogen and oxygen atoms in total. The fourth-order valence-electron chi connectivity index (χ4n) is 3.77. The fourth-order valence-corrected chi connectivity index (χ4v) is 3.77. The first-order chi connectivity index (χ1) is 13.7. The van der Waals surface area contributed by atoms with Gasteiger partial charge in [0.15, 0.2) is 0 Å². The number of likely N-dealkylation sites (tertiary alicyclic amines) is 1. The van der Waals surface area contributed by atoms with Gasteiger partial charge in [-0.1, -0.05) is 45.0 Å². The summed E-state index contributed by atoms with van der Waals surface area (Å²) in [6, 6.07) is 13.1. The van der Waals surface area contributed by atoms with E-state index in [1.807, 2.05) is 12.1 Å². The monoisotopic (exact) mass is 396 g/mol. The van der Waals surface area contributed by atoms with Crippen molar-refractivity contribution in [3.05, 3.63) is 71.0 Å². The first-order valence-corrected chi connectivity index (χ1v) is 10.1. The molecule has 2 unspecified atom stereocenters. The maximum absolute atomic E-state index is 13.2. The van der Waals surface area contributed by atoms with Crippen molar-refractivity contribution in [1.82, 2.24) is 10.2 Å². The van der Waals surface area contributed by atoms with E-state index in [1.165, 1.54) is 12.1 Å². The molecule has 2 amide bonds. The van der Waals surface area contributed by atoms with E-state index in [-0.39, 0.29) is 29.1 Å². The van der Waals surface area contributed by atoms with E-state index in [0.717, 1.165) is 24.0 Å². The van der Waals surface area contributed by atoms with Gasteiger partial charge in [0.25, 0.3) is 5.91 Å². The van der Waals surface area contributed by atoms with Crippen LogP contribution in [0.15, 0.2) is 48.5 Å². The molecule has 29 heavy (non-hydrogen) atoms. The van der Waals surface area contributed by atoms with Crippen LogP contribution in [0.1, 0.15) is 68.1 Å². The number of hydrogen-bond acceptors (Lipinski definition) is 2. The normalized spacial score (nSPS) is 17.8. The molecular formula is C24H29FN2O2. The van der Waals surface area contributed by atoms with E-state index in [2.05, 4.69) is 26.1 Å². The fraction of sp³-hybridized carbons (Fsp3) is 0.417. The van der Waals surface area contributed by atoms with Crippen LogP contribution in [0.3, 0.4) is 0 Å². The van der Waals surface area contributed by atoms with Crippen LogP contribution in [0.5, 0.6) is 0 Å². The van der Waals surface area contributed by atoms with Gasteiger partial charge in [-0.05, 0) is 60.6 Å². The zero-order chi connectivity index (χ0) is 21.2. The van der Waals surface area contributed by atoms with Gasteiger partial charge in [0.05, 0.1) is 6.04 Å². The Morgan fingerprint density at radius 1 is 1.07 bits per heavy atom. The number of hydrogen-bond donors (Lipinski definition) is 1. The molecule has 0 saturated carbocycles. The Hall–Kier alpha value is -2.69. The minimum atomic E-state index is -0.633. The quantitative estimate of drug-likeness (QED) is 0.821. The molecule has 0 aliphatic carbocycles. The number of carbonyl (C=O) groups excluding carboxylic acids is 2. The van der Waals surface area contributed by atoms with Crippen molar-refractivity contribution in [3.63, 3.8) is 0 Å². The number of rotatable bonds is 4. The Balaban J connectivity index is 1.66. The summed E-state index contributed by atoms with van der Waals surface area (Å²) in [7, 11) is 0. The van der Waals surface area contributed by atoms with Crippen LogP contribution in [0.4, 0.5) is 4.39 Å². The largest absolute Gasteiger partial charge is 0.341 e. The molecule has 1 saturated heterocycles. The number of nitrogens with one attached hydrogen (secondary N) is 1. The van der Waals surface area contributed by atoms with E-state index in [4.69, 9.17) is 0 Å². The van der Waals surface area contributed by atoms with Crippen molar-refractivity contribution in [2.24, 2.45) is 0 Å². The Morgan fingerprint density at radius 2 is 1.69 bits per heavy atom. The van der Waals surface area contributed by atoms with E-state index in [1.54, 1.807) is 36.1 Å². The summed E-state index contributed by atoms with van der Waals surface area (Å²) in [6.45, 7) is 8.72. The molecule has 0 aromatic heterocycles. The molecule has 154 valence electrons. The van der Waals surface area contributed by atoms with E-state index in [0.29, 0.717) is 12.1 Å². The van der Waals surface area contributed by atoms with Gasteiger partial charge in [0, 0.05) is 12.1 Å². The minimum absolute atomic E-state index is 0.0172. The van der Waals surface area contributed by atoms with Crippen molar-refractivity contribution >= 4 is 11.8 Å². The van der Waals surface area contributed by atoms with Crippen molar-refractivity contribution in [3.8, 4) is 0 Å². The average Bonchev–Trinajstić information content (AvgIpc) is 3.17. The molecule has 1 aliphatic heterocycles. The second-order valence-electron chi connectivity index (χ2n) is 8.76. The molecular weight excluding hydrogens is 367 g/mol. The molecule has 2 atom stereocenters. The highest BCUT2D eigenvalue weighted by molar-refractivity contribution is 5.97. The summed E-state index contributed by atoms with van der Waals surface area (Å²) < 4.78 is 13.2. The standard InChI is InChI=1S/C24H29FN2O2/c1-16(26-22(28)18-7-11-19(12-8-18)24(2,3)4)23(29)27-15-5-6-21(27)17-9-13-20(25)14-10-17/h7-14,16,21H,5-6,15H2,1-4H3,(H,26,28). The maximum atomic E-state index is 13.2. The highest BCUT2D eigenvalue weighted by Crippen LogP contribution is 2.32. The lowest BCUT2D eigenvalue weighted by Crippen LogP contribution is -2.46. The first kappa shape index (κ1) is 21.0. The van der Waals surface area contributed by atoms with Crippen LogP contribution in [-0.2, 0) is 10.2 Å². The third kappa shape index (κ3) is 4.84. The Kier molecular flexibility index (Phi) is 6.06. The van der Waals surface area contributed by atoms with E-state index in [9.17, 15) is 14.0 Å². The molecule has 1 N–H and O–H groups in total. The van der Waals surface area contributed by atoms with Gasteiger partial charge in [-0.15, -0.1) is 0 Å². The number of halogens is 1. The molecule has 0 radical (unpaired) electrons. The lowest BCUT2D eigenvalue weighted by Gasteiger charge is -2.28. The zero-order valence-electron chi connectivity index (χ0n) is 17.5. The molecule has 3 rings (SSSR count). The van der Waals surface area contributed by atoms with Gasteiger partial charge >= 0.3 is 0 Å². The van der Waals surface area contributed by atoms with Crippen LogP contribution in [0, 0.1) is 5.82 Å². The summed E-state index contributed by atoms with van der Waals surface area (Å²) in [4.78, 5) is 27.4. The molecule has 1 aliphatic rings. The van der Waals surface area contributed by atoms with Gasteiger partial charge in [0.1, 0.15) is 11.9 Å². The lowest BCUT2D eigenvalue weighted by atomic mass is 9.86. The van der Waals surface area contributed by atoms with E-state index >= 15 is 0 Å². The van der Waals surface area contributed by atoms with Gasteiger partial charge in [-0.25, -0.2) is 4.39 Å². The van der Waals surface area contributed by atoms with Crippen LogP contribution in [0.2, 0.25) is 0 Å². The van der Waals surface area contributed by atoms with Gasteiger partial charge in [0.2, 0.25) is 5.91 Å². The molecule has 2 aromatic carbocycles. The summed E-state index contributed by atoms with van der Waals surface area (Å²) >= 11 is 0. The number of nitrogens with zero attached hydrogens (tertiary/aromatic N) is 1. The summed E-state index contributed by atoms with van der Waals surface area (Å²) in [5.74, 6) is -0.664. The molecule has 1 fully saturated rings. The summed E-state index contributed by atoms with van der Waals surface area (Å²) in [5.41, 5.74) is 2.63. The summed E-state index contributed by atoms with van der Waals surface area (Å²) in [5, 5.41) is 2.82. The highest BCUT2D eigenvalue weighted by Gasteiger charge is 2.33. The van der Waals surface area contributed by atoms with Crippen LogP contribution >= 0.6 is 0 Å². The van der Waals surface area contributed by atoms with E-state index < -0.39 is 6.04 Å². The summed E-state index contributed by atoms with van der Waals surface area (Å²) in [6.07, 6.45) is 1.73. The molecule has 5 heteroatoms. The third-order valence-corrected chi connectivity index (χ3v) is 5.52. The van der Waals surface area contributed by atoms with Crippen molar-refractivity contribution in [2.45, 2.75) is 58.0 Å². The maximum Gasteiger partial charge on any atom is 0.251 e. The van der Waals surface area contributed by atoms with Crippen molar-refractivity contribution in [1.29, 1.82) is 0 Å². The highest BCUT2D eigenvalue weighted by atomic mass is 19.1. The second-order valence-corrected chi connectivity index (χ2v) is 8.76. The van der Waals surface area contributed by atoms with Crippen molar-refractivity contribution < 1.29 is 14.0 Å². The number of carbonyl (C=O) groups is 2. The van der Waals surface area contributed by atoms with Gasteiger partial charge < -0.3 is 10.2 Å². The number of benzene rings is 2. The predicted molar refractivity (Wildman–Crippen MR) is 112 cm³/mol. The van der Waals surface area contributed by atoms with Gasteiger partial charge in [-0.3, -0.25) is 9.59 Å². The molecule has 2 aromatic rings. The minimum Gasteiger partial charge on any atom is -0.341 e. The zero-order valence-corrected chi connectivity index (χ0v) is 17.5. The van der Waals surface area contributed by atoms with Crippen LogP contribution < -0.4 is 5.32 Å². The SMILES string of the molecule is CC(NC(=O)c1ccc(C(C)(C)C)cc1)C(=O)N1CCCC1c1ccc(F)cc1. The smallest absolute Gasteiger partial charge is 0.251 e. The Labute approximate surface area is 172 Å². The average molecular weight is 397 g/mol. The predicted octanol–water partition coefficient (Wildman–Crippen LogP) is 4.61. The topological polar surface area (TPSA) is 49.4 Å². The first-order valence-electron chi connectivity index (χ1n) is 10.1. The van der Waals surface area contributed by atoms with Gasteiger partial charge in [-0.2, -0.15) is 0 Å². The number of amides is 2. The second kappa shape index (κ2) is 8.36. The van der Waals surface area contributed by atoms with Crippen LogP contribution in [0.25, 0.3) is 0 Å². The third-order valence-electron chi connectivity index (χ3n) is 5.52. The Bertz CT molecular complexity index is 869. The van der Waals surface area contributed by atoms with Crippen molar-refractivity contribution in [2.75, 3.05) is 6.54 Å².